The number of aryl methyl sites for hydroxylation is 1. The first-order chi connectivity index (χ1) is 16.9. The van der Waals surface area contributed by atoms with Crippen LogP contribution in [0.5, 0.6) is 11.5 Å². The summed E-state index contributed by atoms with van der Waals surface area (Å²) < 4.78 is 12.3. The first-order valence-electron chi connectivity index (χ1n) is 11.0. The highest BCUT2D eigenvalue weighted by Crippen LogP contribution is 2.32. The van der Waals surface area contributed by atoms with Crippen molar-refractivity contribution in [3.8, 4) is 11.5 Å². The van der Waals surface area contributed by atoms with Crippen LogP contribution in [0.25, 0.3) is 10.9 Å². The molecule has 0 bridgehead atoms. The molecule has 1 aromatic heterocycles. The van der Waals surface area contributed by atoms with Crippen molar-refractivity contribution < 1.29 is 14.3 Å². The number of para-hydroxylation sites is 1. The average Bonchev–Trinajstić information content (AvgIpc) is 2.86. The number of amides is 1. The van der Waals surface area contributed by atoms with Crippen molar-refractivity contribution in [3.05, 3.63) is 93.2 Å². The van der Waals surface area contributed by atoms with E-state index < -0.39 is 0 Å². The monoisotopic (exact) mass is 491 g/mol. The van der Waals surface area contributed by atoms with E-state index in [-0.39, 0.29) is 18.0 Å². The second kappa shape index (κ2) is 10.5. The molecule has 8 heteroatoms. The number of carbonyl (C=O) groups excluding carboxylic acids is 1. The van der Waals surface area contributed by atoms with Crippen molar-refractivity contribution in [1.29, 1.82) is 0 Å². The largest absolute Gasteiger partial charge is 0.493 e. The molecule has 0 saturated carbocycles. The molecular formula is C27H26ClN3O4. The summed E-state index contributed by atoms with van der Waals surface area (Å²) in [7, 11) is 3.08. The lowest BCUT2D eigenvalue weighted by Crippen LogP contribution is -2.31. The molecule has 3 aromatic carbocycles. The summed E-state index contributed by atoms with van der Waals surface area (Å²) in [6.45, 7) is 1.98. The zero-order valence-electron chi connectivity index (χ0n) is 19.7. The van der Waals surface area contributed by atoms with Gasteiger partial charge in [0.25, 0.3) is 5.56 Å². The van der Waals surface area contributed by atoms with E-state index in [0.29, 0.717) is 39.8 Å². The number of hydrogen-bond acceptors (Lipinski definition) is 5. The van der Waals surface area contributed by atoms with Gasteiger partial charge in [-0.2, -0.15) is 0 Å². The molecule has 0 spiro atoms. The third-order valence-corrected chi connectivity index (χ3v) is 5.94. The number of hydrogen-bond donors (Lipinski definition) is 2. The zero-order valence-corrected chi connectivity index (χ0v) is 20.5. The number of fused-ring (bicyclic) bond motifs is 1. The van der Waals surface area contributed by atoms with E-state index in [4.69, 9.17) is 21.1 Å². The van der Waals surface area contributed by atoms with E-state index in [2.05, 4.69) is 10.6 Å². The van der Waals surface area contributed by atoms with Gasteiger partial charge in [-0.1, -0.05) is 35.9 Å². The molecule has 1 heterocycles. The molecule has 7 nitrogen and oxygen atoms in total. The summed E-state index contributed by atoms with van der Waals surface area (Å²) in [6, 6.07) is 20.2. The standard InChI is InChI=1S/C27H26ClN3O4/c1-17-9-10-20(28)13-22(17)30-26(32)16-31-23-14-25(35-3)24(34-2)12-18(23)11-19(27(31)33)15-29-21-7-5-4-6-8-21/h4-14,29H,15-16H2,1-3H3,(H,30,32). The summed E-state index contributed by atoms with van der Waals surface area (Å²) in [5, 5.41) is 7.39. The van der Waals surface area contributed by atoms with E-state index in [9.17, 15) is 9.59 Å². The molecule has 35 heavy (non-hydrogen) atoms. The Labute approximate surface area is 208 Å². The van der Waals surface area contributed by atoms with Crippen molar-refractivity contribution in [2.75, 3.05) is 24.9 Å². The van der Waals surface area contributed by atoms with Crippen LogP contribution in [-0.4, -0.2) is 24.7 Å². The predicted molar refractivity (Wildman–Crippen MR) is 140 cm³/mol. The number of nitrogens with one attached hydrogen (secondary N) is 2. The quantitative estimate of drug-likeness (QED) is 0.352. The summed E-state index contributed by atoms with van der Waals surface area (Å²) in [5.74, 6) is 0.655. The van der Waals surface area contributed by atoms with Crippen LogP contribution in [0, 0.1) is 6.92 Å². The number of rotatable bonds is 8. The van der Waals surface area contributed by atoms with Gasteiger partial charge in [0.1, 0.15) is 6.54 Å². The van der Waals surface area contributed by atoms with E-state index in [1.165, 1.54) is 11.7 Å². The fraction of sp³-hybridized carbons (Fsp3) is 0.185. The normalized spacial score (nSPS) is 10.7. The molecular weight excluding hydrogens is 466 g/mol. The molecule has 0 saturated heterocycles. The molecule has 0 unspecified atom stereocenters. The van der Waals surface area contributed by atoms with Gasteiger partial charge in [0, 0.05) is 40.0 Å². The van der Waals surface area contributed by atoms with Crippen molar-refractivity contribution in [2.45, 2.75) is 20.0 Å². The Morgan fingerprint density at radius 3 is 2.40 bits per heavy atom. The Balaban J connectivity index is 1.74. The van der Waals surface area contributed by atoms with E-state index >= 15 is 0 Å². The zero-order chi connectivity index (χ0) is 24.9. The third-order valence-electron chi connectivity index (χ3n) is 5.71. The maximum Gasteiger partial charge on any atom is 0.256 e. The molecule has 0 radical (unpaired) electrons. The second-order valence-corrected chi connectivity index (χ2v) is 8.49. The molecule has 0 aliphatic rings. The second-order valence-electron chi connectivity index (χ2n) is 8.05. The summed E-state index contributed by atoms with van der Waals surface area (Å²) in [5.41, 5.74) is 3.16. The van der Waals surface area contributed by atoms with Crippen LogP contribution in [0.1, 0.15) is 11.1 Å². The number of ether oxygens (including phenoxy) is 2. The number of aromatic nitrogens is 1. The number of methoxy groups -OCH3 is 2. The van der Waals surface area contributed by atoms with Crippen LogP contribution in [0.2, 0.25) is 5.02 Å². The lowest BCUT2D eigenvalue weighted by molar-refractivity contribution is -0.116. The summed E-state index contributed by atoms with van der Waals surface area (Å²) in [6.07, 6.45) is 0. The number of carbonyl (C=O) groups is 1. The Kier molecular flexibility index (Phi) is 7.27. The highest BCUT2D eigenvalue weighted by molar-refractivity contribution is 6.31. The molecule has 180 valence electrons. The first-order valence-corrected chi connectivity index (χ1v) is 11.4. The van der Waals surface area contributed by atoms with Crippen LogP contribution in [0.3, 0.4) is 0 Å². The number of nitrogens with zero attached hydrogens (tertiary/aromatic N) is 1. The molecule has 0 atom stereocenters. The number of anilines is 2. The Hall–Kier alpha value is -3.97. The van der Waals surface area contributed by atoms with Gasteiger partial charge in [-0.25, -0.2) is 0 Å². The van der Waals surface area contributed by atoms with Crippen LogP contribution in [-0.2, 0) is 17.9 Å². The fourth-order valence-corrected chi connectivity index (χ4v) is 4.04. The minimum Gasteiger partial charge on any atom is -0.493 e. The maximum atomic E-state index is 13.5. The molecule has 1 amide bonds. The Bertz CT molecular complexity index is 1430. The minimum atomic E-state index is -0.346. The molecule has 4 rings (SSSR count). The fourth-order valence-electron chi connectivity index (χ4n) is 3.86. The van der Waals surface area contributed by atoms with Crippen molar-refractivity contribution >= 4 is 39.8 Å². The average molecular weight is 492 g/mol. The highest BCUT2D eigenvalue weighted by Gasteiger charge is 2.16. The van der Waals surface area contributed by atoms with Crippen molar-refractivity contribution in [2.24, 2.45) is 0 Å². The topological polar surface area (TPSA) is 81.6 Å². The third kappa shape index (κ3) is 5.41. The van der Waals surface area contributed by atoms with Gasteiger partial charge in [0.2, 0.25) is 5.91 Å². The molecule has 0 aliphatic carbocycles. The molecule has 4 aromatic rings. The lowest BCUT2D eigenvalue weighted by atomic mass is 10.1. The van der Waals surface area contributed by atoms with Gasteiger partial charge < -0.3 is 20.1 Å². The van der Waals surface area contributed by atoms with Gasteiger partial charge >= 0.3 is 0 Å². The van der Waals surface area contributed by atoms with Crippen molar-refractivity contribution in [1.82, 2.24) is 4.57 Å². The van der Waals surface area contributed by atoms with Gasteiger partial charge in [-0.3, -0.25) is 14.2 Å². The van der Waals surface area contributed by atoms with Crippen LogP contribution in [0.4, 0.5) is 11.4 Å². The first kappa shape index (κ1) is 24.2. The minimum absolute atomic E-state index is 0.185. The van der Waals surface area contributed by atoms with Gasteiger partial charge in [-0.05, 0) is 48.9 Å². The SMILES string of the molecule is COc1cc2cc(CNc3ccccc3)c(=O)n(CC(=O)Nc3cc(Cl)ccc3C)c2cc1OC. The van der Waals surface area contributed by atoms with E-state index in [1.54, 1.807) is 31.4 Å². The summed E-state index contributed by atoms with van der Waals surface area (Å²) in [4.78, 5) is 26.5. The Morgan fingerprint density at radius 2 is 1.69 bits per heavy atom. The molecule has 2 N–H and O–H groups in total. The summed E-state index contributed by atoms with van der Waals surface area (Å²) >= 11 is 6.09. The van der Waals surface area contributed by atoms with Gasteiger partial charge in [0.05, 0.1) is 19.7 Å². The molecule has 0 fully saturated rings. The van der Waals surface area contributed by atoms with Crippen LogP contribution < -0.4 is 25.7 Å². The Morgan fingerprint density at radius 1 is 0.971 bits per heavy atom. The number of halogens is 1. The van der Waals surface area contributed by atoms with Crippen LogP contribution in [0.15, 0.2) is 71.5 Å². The predicted octanol–water partition coefficient (Wildman–Crippen LogP) is 5.23. The van der Waals surface area contributed by atoms with Crippen molar-refractivity contribution in [3.63, 3.8) is 0 Å². The number of pyridine rings is 1. The van der Waals surface area contributed by atoms with Gasteiger partial charge in [0.15, 0.2) is 11.5 Å². The lowest BCUT2D eigenvalue weighted by Gasteiger charge is -2.17. The highest BCUT2D eigenvalue weighted by atomic mass is 35.5. The van der Waals surface area contributed by atoms with E-state index in [0.717, 1.165) is 16.6 Å². The molecule has 0 aliphatic heterocycles. The smallest absolute Gasteiger partial charge is 0.256 e. The number of benzene rings is 3. The van der Waals surface area contributed by atoms with Gasteiger partial charge in [-0.15, -0.1) is 0 Å². The maximum absolute atomic E-state index is 13.5. The van der Waals surface area contributed by atoms with E-state index in [1.807, 2.05) is 49.4 Å². The van der Waals surface area contributed by atoms with Crippen LogP contribution >= 0.6 is 11.6 Å².